The summed E-state index contributed by atoms with van der Waals surface area (Å²) in [6, 6.07) is 26.1. The molecule has 166 valence electrons. The Morgan fingerprint density at radius 3 is 2.42 bits per heavy atom. The van der Waals surface area contributed by atoms with E-state index in [1.165, 1.54) is 22.5 Å². The van der Waals surface area contributed by atoms with Crippen molar-refractivity contribution in [3.05, 3.63) is 111 Å². The highest BCUT2D eigenvalue weighted by Gasteiger charge is 2.16. The van der Waals surface area contributed by atoms with Gasteiger partial charge in [-0.25, -0.2) is 0 Å². The molecule has 0 unspecified atom stereocenters. The maximum Gasteiger partial charge on any atom is 0.308 e. The number of aryl methyl sites for hydroxylation is 1. The van der Waals surface area contributed by atoms with Crippen LogP contribution in [0.5, 0.6) is 0 Å². The molecule has 8 heteroatoms. The van der Waals surface area contributed by atoms with E-state index in [1.807, 2.05) is 54.6 Å². The second-order valence-corrected chi connectivity index (χ2v) is 10.00. The molecule has 2 aromatic heterocycles. The second kappa shape index (κ2) is 9.95. The fraction of sp³-hybridized carbons (Fsp3) is 0.160. The van der Waals surface area contributed by atoms with Crippen LogP contribution in [-0.2, 0) is 25.3 Å². The largest absolute Gasteiger partial charge is 0.308 e. The van der Waals surface area contributed by atoms with Crippen LogP contribution in [0.25, 0.3) is 10.2 Å². The summed E-state index contributed by atoms with van der Waals surface area (Å²) in [6.07, 6.45) is 0.861. The number of thiazole rings is 1. The van der Waals surface area contributed by atoms with E-state index in [0.29, 0.717) is 6.54 Å². The van der Waals surface area contributed by atoms with E-state index in [2.05, 4.69) is 39.0 Å². The molecule has 0 aliphatic rings. The van der Waals surface area contributed by atoms with E-state index >= 15 is 0 Å². The van der Waals surface area contributed by atoms with Gasteiger partial charge >= 0.3 is 4.87 Å². The summed E-state index contributed by atoms with van der Waals surface area (Å²) in [5.74, 6) is 1.55. The predicted molar refractivity (Wildman–Crippen MR) is 136 cm³/mol. The van der Waals surface area contributed by atoms with Crippen LogP contribution < -0.4 is 4.87 Å². The molecule has 5 nitrogen and oxygen atoms in total. The van der Waals surface area contributed by atoms with Gasteiger partial charge in [0, 0.05) is 17.3 Å². The summed E-state index contributed by atoms with van der Waals surface area (Å²) < 4.78 is 4.92. The molecule has 0 spiro atoms. The van der Waals surface area contributed by atoms with Crippen molar-refractivity contribution in [2.75, 3.05) is 0 Å². The fourth-order valence-electron chi connectivity index (χ4n) is 3.69. The van der Waals surface area contributed by atoms with Gasteiger partial charge in [-0.1, -0.05) is 89.3 Å². The van der Waals surface area contributed by atoms with Gasteiger partial charge in [-0.15, -0.1) is 10.2 Å². The van der Waals surface area contributed by atoms with E-state index in [4.69, 9.17) is 11.6 Å². The Morgan fingerprint density at radius 1 is 0.848 bits per heavy atom. The molecule has 0 saturated carbocycles. The van der Waals surface area contributed by atoms with Gasteiger partial charge in [0.15, 0.2) is 11.0 Å². The van der Waals surface area contributed by atoms with Crippen LogP contribution in [0.3, 0.4) is 0 Å². The van der Waals surface area contributed by atoms with Gasteiger partial charge in [-0.2, -0.15) is 0 Å². The summed E-state index contributed by atoms with van der Waals surface area (Å²) in [7, 11) is 0. The van der Waals surface area contributed by atoms with E-state index in [9.17, 15) is 4.79 Å². The molecule has 2 heterocycles. The van der Waals surface area contributed by atoms with E-state index in [0.717, 1.165) is 44.9 Å². The van der Waals surface area contributed by atoms with Crippen molar-refractivity contribution < 1.29 is 0 Å². The zero-order valence-corrected chi connectivity index (χ0v) is 20.1. The van der Waals surface area contributed by atoms with Crippen molar-refractivity contribution in [2.24, 2.45) is 0 Å². The zero-order chi connectivity index (χ0) is 22.6. The molecule has 0 saturated heterocycles. The van der Waals surface area contributed by atoms with Crippen LogP contribution in [0.15, 0.2) is 88.8 Å². The number of rotatable bonds is 8. The summed E-state index contributed by atoms with van der Waals surface area (Å²) in [5, 5.41) is 10.6. The summed E-state index contributed by atoms with van der Waals surface area (Å²) >= 11 is 8.93. The van der Waals surface area contributed by atoms with Crippen molar-refractivity contribution in [2.45, 2.75) is 30.4 Å². The van der Waals surface area contributed by atoms with E-state index in [1.54, 1.807) is 16.3 Å². The van der Waals surface area contributed by atoms with Crippen molar-refractivity contribution in [1.82, 2.24) is 19.3 Å². The van der Waals surface area contributed by atoms with E-state index in [-0.39, 0.29) is 4.87 Å². The molecule has 0 radical (unpaired) electrons. The molecule has 0 amide bonds. The van der Waals surface area contributed by atoms with Gasteiger partial charge in [-0.3, -0.25) is 9.36 Å². The SMILES string of the molecule is O=c1sc2ccccc2n1Cc1nnc(SCc2ccc(Cl)cc2)n1CCc1ccccc1. The lowest BCUT2D eigenvalue weighted by atomic mass is 10.1. The molecule has 0 aliphatic heterocycles. The van der Waals surface area contributed by atoms with Gasteiger partial charge < -0.3 is 4.57 Å². The van der Waals surface area contributed by atoms with Crippen molar-refractivity contribution in [3.63, 3.8) is 0 Å². The first kappa shape index (κ1) is 21.9. The smallest absolute Gasteiger partial charge is 0.304 e. The molecule has 5 aromatic rings. The zero-order valence-electron chi connectivity index (χ0n) is 17.7. The molecule has 0 atom stereocenters. The number of nitrogens with zero attached hydrogens (tertiary/aromatic N) is 4. The third kappa shape index (κ3) is 5.05. The molecular weight excluding hydrogens is 472 g/mol. The molecule has 0 aliphatic carbocycles. The normalized spacial score (nSPS) is 11.3. The summed E-state index contributed by atoms with van der Waals surface area (Å²) in [5.41, 5.74) is 3.35. The first-order chi connectivity index (χ1) is 16.2. The minimum absolute atomic E-state index is 0.0178. The second-order valence-electron chi connectivity index (χ2n) is 7.62. The Labute approximate surface area is 204 Å². The van der Waals surface area contributed by atoms with Gasteiger partial charge in [0.25, 0.3) is 0 Å². The van der Waals surface area contributed by atoms with Crippen LogP contribution >= 0.6 is 34.7 Å². The number of hydrogen-bond donors (Lipinski definition) is 0. The third-order valence-electron chi connectivity index (χ3n) is 5.41. The monoisotopic (exact) mass is 492 g/mol. The molecule has 3 aromatic carbocycles. The van der Waals surface area contributed by atoms with Gasteiger partial charge in [0.2, 0.25) is 0 Å². The maximum absolute atomic E-state index is 12.7. The van der Waals surface area contributed by atoms with Crippen LogP contribution in [0, 0.1) is 0 Å². The fourth-order valence-corrected chi connectivity index (χ4v) is 5.64. The summed E-state index contributed by atoms with van der Waals surface area (Å²) in [4.78, 5) is 12.7. The highest BCUT2D eigenvalue weighted by atomic mass is 35.5. The van der Waals surface area contributed by atoms with Crippen molar-refractivity contribution in [1.29, 1.82) is 0 Å². The average Bonchev–Trinajstić information content (AvgIpc) is 3.38. The lowest BCUT2D eigenvalue weighted by molar-refractivity contribution is 0.586. The average molecular weight is 493 g/mol. The molecule has 5 rings (SSSR count). The highest BCUT2D eigenvalue weighted by molar-refractivity contribution is 7.98. The third-order valence-corrected chi connectivity index (χ3v) is 7.66. The van der Waals surface area contributed by atoms with Crippen molar-refractivity contribution >= 4 is 44.9 Å². The summed E-state index contributed by atoms with van der Waals surface area (Å²) in [6.45, 7) is 1.14. The van der Waals surface area contributed by atoms with Crippen molar-refractivity contribution in [3.8, 4) is 0 Å². The van der Waals surface area contributed by atoms with Gasteiger partial charge in [-0.05, 0) is 41.8 Å². The predicted octanol–water partition coefficient (Wildman–Crippen LogP) is 5.89. The lowest BCUT2D eigenvalue weighted by Gasteiger charge is -2.11. The number of hydrogen-bond acceptors (Lipinski definition) is 5. The number of aromatic nitrogens is 4. The first-order valence-electron chi connectivity index (χ1n) is 10.6. The molecule has 33 heavy (non-hydrogen) atoms. The molecule has 0 bridgehead atoms. The minimum atomic E-state index is 0.0178. The number of halogens is 1. The van der Waals surface area contributed by atoms with Crippen LogP contribution in [0.2, 0.25) is 5.02 Å². The van der Waals surface area contributed by atoms with Gasteiger partial charge in [0.1, 0.15) is 0 Å². The molecule has 0 N–H and O–H groups in total. The Morgan fingerprint density at radius 2 is 1.61 bits per heavy atom. The Hall–Kier alpha value is -2.87. The first-order valence-corrected chi connectivity index (χ1v) is 12.8. The number of thioether (sulfide) groups is 1. The number of benzene rings is 3. The number of fused-ring (bicyclic) bond motifs is 1. The molecule has 0 fully saturated rings. The van der Waals surface area contributed by atoms with Crippen LogP contribution in [-0.4, -0.2) is 19.3 Å². The quantitative estimate of drug-likeness (QED) is 0.253. The Bertz CT molecular complexity index is 1420. The van der Waals surface area contributed by atoms with Gasteiger partial charge in [0.05, 0.1) is 16.8 Å². The maximum atomic E-state index is 12.7. The highest BCUT2D eigenvalue weighted by Crippen LogP contribution is 2.24. The minimum Gasteiger partial charge on any atom is -0.304 e. The Balaban J connectivity index is 1.43. The standard InChI is InChI=1S/C25H21ClN4OS2/c26-20-12-10-19(11-13-20)17-32-24-28-27-23(29(24)15-14-18-6-2-1-3-7-18)16-30-21-8-4-5-9-22(21)33-25(30)31/h1-13H,14-17H2. The topological polar surface area (TPSA) is 52.7 Å². The van der Waals surface area contributed by atoms with E-state index < -0.39 is 0 Å². The lowest BCUT2D eigenvalue weighted by Crippen LogP contribution is -2.18. The molecular formula is C25H21ClN4OS2. The Kier molecular flexibility index (Phi) is 6.62. The van der Waals surface area contributed by atoms with Crippen LogP contribution in [0.1, 0.15) is 17.0 Å². The van der Waals surface area contributed by atoms with Crippen LogP contribution in [0.4, 0.5) is 0 Å². The number of para-hydroxylation sites is 1.